The van der Waals surface area contributed by atoms with E-state index in [1.165, 1.54) is 0 Å². The van der Waals surface area contributed by atoms with Crippen molar-refractivity contribution in [2.75, 3.05) is 18.5 Å². The second kappa shape index (κ2) is 5.11. The molecule has 1 aliphatic heterocycles. The van der Waals surface area contributed by atoms with Crippen LogP contribution in [0.4, 0.5) is 5.82 Å². The number of hydrogen-bond acceptors (Lipinski definition) is 4. The summed E-state index contributed by atoms with van der Waals surface area (Å²) in [6.07, 6.45) is 5.47. The van der Waals surface area contributed by atoms with Crippen molar-refractivity contribution in [3.8, 4) is 0 Å². The lowest BCUT2D eigenvalue weighted by molar-refractivity contribution is 0.0627. The number of aromatic amines is 1. The van der Waals surface area contributed by atoms with Crippen LogP contribution in [0.25, 0.3) is 11.0 Å². The molecule has 3 heterocycles. The van der Waals surface area contributed by atoms with E-state index in [0.717, 1.165) is 36.2 Å². The van der Waals surface area contributed by atoms with E-state index in [1.807, 2.05) is 17.2 Å². The number of nitrogens with one attached hydrogen (secondary N) is 2. The fourth-order valence-electron chi connectivity index (χ4n) is 3.82. The van der Waals surface area contributed by atoms with Gasteiger partial charge in [-0.2, -0.15) is 0 Å². The summed E-state index contributed by atoms with van der Waals surface area (Å²) in [6.45, 7) is 7.34. The van der Waals surface area contributed by atoms with E-state index in [0.29, 0.717) is 0 Å². The Kier molecular flexibility index (Phi) is 3.46. The second-order valence-electron chi connectivity index (χ2n) is 6.97. The average Bonchev–Trinajstić information content (AvgIpc) is 2.97. The summed E-state index contributed by atoms with van der Waals surface area (Å²) in [5, 5.41) is 8.93. The van der Waals surface area contributed by atoms with Crippen molar-refractivity contribution >= 4 is 22.8 Å². The maximum Gasteiger partial charge on any atom is 0.188 e. The van der Waals surface area contributed by atoms with E-state index >= 15 is 0 Å². The quantitative estimate of drug-likeness (QED) is 0.581. The van der Waals surface area contributed by atoms with Crippen molar-refractivity contribution in [3.05, 3.63) is 18.6 Å². The van der Waals surface area contributed by atoms with Crippen LogP contribution in [0.5, 0.6) is 0 Å². The first kappa shape index (κ1) is 15.6. The highest BCUT2D eigenvalue weighted by molar-refractivity contribution is 5.87. The number of hydrogen-bond donors (Lipinski definition) is 3. The van der Waals surface area contributed by atoms with Gasteiger partial charge in [0.1, 0.15) is 17.8 Å². The smallest absolute Gasteiger partial charge is 0.188 e. The number of rotatable bonds is 2. The third-order valence-electron chi connectivity index (χ3n) is 5.72. The second-order valence-corrected chi connectivity index (χ2v) is 6.97. The molecular formula is C16H25N7. The van der Waals surface area contributed by atoms with Crippen LogP contribution in [0, 0.1) is 5.41 Å². The summed E-state index contributed by atoms with van der Waals surface area (Å²) in [6, 6.07) is 2.00. The Morgan fingerprint density at radius 2 is 2.13 bits per heavy atom. The molecule has 23 heavy (non-hydrogen) atoms. The highest BCUT2D eigenvalue weighted by Gasteiger charge is 2.51. The topological polar surface area (TPSA) is 97.9 Å². The number of piperidine rings is 1. The first-order chi connectivity index (χ1) is 10.8. The Labute approximate surface area is 136 Å². The van der Waals surface area contributed by atoms with Gasteiger partial charge in [0, 0.05) is 19.8 Å². The molecule has 2 aromatic rings. The molecule has 0 radical (unpaired) electrons. The van der Waals surface area contributed by atoms with E-state index in [2.05, 4.69) is 47.7 Å². The molecule has 1 unspecified atom stereocenters. The molecule has 1 fully saturated rings. The lowest BCUT2D eigenvalue weighted by Crippen LogP contribution is -2.71. The number of likely N-dealkylation sites (tertiary alicyclic amines) is 1. The van der Waals surface area contributed by atoms with Gasteiger partial charge in [-0.05, 0) is 39.7 Å². The SMILES string of the molecule is CN(c1ncnc2[nH]ccc12)C1(C)CCCN(C(=N)N)C1(C)C. The van der Waals surface area contributed by atoms with Gasteiger partial charge in [0.25, 0.3) is 0 Å². The summed E-state index contributed by atoms with van der Waals surface area (Å²) >= 11 is 0. The summed E-state index contributed by atoms with van der Waals surface area (Å²) < 4.78 is 0. The molecule has 0 amide bonds. The molecule has 1 atom stereocenters. The minimum Gasteiger partial charge on any atom is -0.370 e. The van der Waals surface area contributed by atoms with Gasteiger partial charge in [-0.1, -0.05) is 0 Å². The number of likely N-dealkylation sites (N-methyl/N-ethyl adjacent to an activating group) is 1. The summed E-state index contributed by atoms with van der Waals surface area (Å²) in [7, 11) is 2.07. The van der Waals surface area contributed by atoms with E-state index < -0.39 is 0 Å². The van der Waals surface area contributed by atoms with Crippen LogP contribution in [0.3, 0.4) is 0 Å². The maximum absolute atomic E-state index is 7.93. The van der Waals surface area contributed by atoms with Gasteiger partial charge in [-0.15, -0.1) is 0 Å². The number of aromatic nitrogens is 3. The van der Waals surface area contributed by atoms with E-state index in [1.54, 1.807) is 6.33 Å². The summed E-state index contributed by atoms with van der Waals surface area (Å²) in [5.41, 5.74) is 6.17. The molecule has 1 saturated heterocycles. The summed E-state index contributed by atoms with van der Waals surface area (Å²) in [5.74, 6) is 1.03. The molecule has 0 aliphatic carbocycles. The van der Waals surface area contributed by atoms with E-state index in [-0.39, 0.29) is 17.0 Å². The van der Waals surface area contributed by atoms with Crippen molar-refractivity contribution in [1.29, 1.82) is 5.41 Å². The van der Waals surface area contributed by atoms with Gasteiger partial charge in [0.15, 0.2) is 5.96 Å². The van der Waals surface area contributed by atoms with Gasteiger partial charge in [0.05, 0.1) is 16.5 Å². The fraction of sp³-hybridized carbons (Fsp3) is 0.562. The molecule has 7 nitrogen and oxygen atoms in total. The molecular weight excluding hydrogens is 290 g/mol. The number of guanidine groups is 1. The molecule has 2 aromatic heterocycles. The Morgan fingerprint density at radius 3 is 2.83 bits per heavy atom. The number of H-pyrrole nitrogens is 1. The molecule has 124 valence electrons. The molecule has 0 spiro atoms. The lowest BCUT2D eigenvalue weighted by Gasteiger charge is -2.58. The zero-order valence-corrected chi connectivity index (χ0v) is 14.2. The van der Waals surface area contributed by atoms with E-state index in [9.17, 15) is 0 Å². The van der Waals surface area contributed by atoms with E-state index in [4.69, 9.17) is 11.1 Å². The van der Waals surface area contributed by atoms with Crippen LogP contribution in [0.1, 0.15) is 33.6 Å². The van der Waals surface area contributed by atoms with Gasteiger partial charge in [0.2, 0.25) is 0 Å². The molecule has 1 aliphatic rings. The van der Waals surface area contributed by atoms with Crippen molar-refractivity contribution in [1.82, 2.24) is 19.9 Å². The maximum atomic E-state index is 7.93. The third-order valence-corrected chi connectivity index (χ3v) is 5.72. The largest absolute Gasteiger partial charge is 0.370 e. The Hall–Kier alpha value is -2.31. The zero-order chi connectivity index (χ0) is 16.8. The fourth-order valence-corrected chi connectivity index (χ4v) is 3.82. The number of fused-ring (bicyclic) bond motifs is 1. The molecule has 4 N–H and O–H groups in total. The van der Waals surface area contributed by atoms with Gasteiger partial charge < -0.3 is 20.5 Å². The van der Waals surface area contributed by atoms with Crippen molar-refractivity contribution in [2.24, 2.45) is 5.73 Å². The van der Waals surface area contributed by atoms with Crippen LogP contribution >= 0.6 is 0 Å². The van der Waals surface area contributed by atoms with Crippen LogP contribution in [-0.4, -0.2) is 50.5 Å². The van der Waals surface area contributed by atoms with Crippen LogP contribution in [0.15, 0.2) is 18.6 Å². The first-order valence-electron chi connectivity index (χ1n) is 7.92. The number of nitrogens with two attached hydrogens (primary N) is 1. The van der Waals surface area contributed by atoms with Crippen LogP contribution < -0.4 is 10.6 Å². The third kappa shape index (κ3) is 2.14. The average molecular weight is 315 g/mol. The molecule has 0 bridgehead atoms. The van der Waals surface area contributed by atoms with Crippen molar-refractivity contribution < 1.29 is 0 Å². The lowest BCUT2D eigenvalue weighted by atomic mass is 9.72. The van der Waals surface area contributed by atoms with Gasteiger partial charge in [-0.25, -0.2) is 9.97 Å². The Morgan fingerprint density at radius 1 is 1.39 bits per heavy atom. The molecule has 7 heteroatoms. The molecule has 0 aromatic carbocycles. The van der Waals surface area contributed by atoms with Crippen LogP contribution in [0.2, 0.25) is 0 Å². The van der Waals surface area contributed by atoms with Crippen LogP contribution in [-0.2, 0) is 0 Å². The van der Waals surface area contributed by atoms with Gasteiger partial charge in [-0.3, -0.25) is 5.41 Å². The normalized spacial score (nSPS) is 23.9. The predicted molar refractivity (Wildman–Crippen MR) is 92.6 cm³/mol. The Bertz CT molecular complexity index is 735. The minimum absolute atomic E-state index is 0.129. The number of anilines is 1. The zero-order valence-electron chi connectivity index (χ0n) is 14.2. The minimum atomic E-state index is -0.292. The predicted octanol–water partition coefficient (Wildman–Crippen LogP) is 1.92. The Balaban J connectivity index is 2.08. The standard InChI is InChI=1S/C16H25N7/c1-15(2)16(3,7-5-9-23(15)14(17)18)22(4)13-11-6-8-19-12(11)20-10-21-13/h6,8,10H,5,7,9H2,1-4H3,(H3,17,18)(H,19,20,21). The monoisotopic (exact) mass is 315 g/mol. The molecule has 0 saturated carbocycles. The first-order valence-corrected chi connectivity index (χ1v) is 7.92. The van der Waals surface area contributed by atoms with Gasteiger partial charge >= 0.3 is 0 Å². The van der Waals surface area contributed by atoms with Crippen molar-refractivity contribution in [3.63, 3.8) is 0 Å². The summed E-state index contributed by atoms with van der Waals surface area (Å²) in [4.78, 5) is 16.1. The number of nitrogens with zero attached hydrogens (tertiary/aromatic N) is 4. The molecule has 3 rings (SSSR count). The highest BCUT2D eigenvalue weighted by Crippen LogP contribution is 2.42. The van der Waals surface area contributed by atoms with Crippen molar-refractivity contribution in [2.45, 2.75) is 44.7 Å². The highest BCUT2D eigenvalue weighted by atomic mass is 15.4.